The molecule has 4 aromatic heterocycles. The van der Waals surface area contributed by atoms with Crippen LogP contribution in [0.4, 0.5) is 29.3 Å². The Balaban J connectivity index is 1.54. The summed E-state index contributed by atoms with van der Waals surface area (Å²) in [4.78, 5) is 15.3. The molecule has 0 unspecified atom stereocenters. The van der Waals surface area contributed by atoms with Gasteiger partial charge in [-0.05, 0) is 32.0 Å². The van der Waals surface area contributed by atoms with Gasteiger partial charge in [-0.25, -0.2) is 32.0 Å². The number of aryl methyl sites for hydroxylation is 1. The molecule has 1 saturated heterocycles. The molecule has 5 heterocycles. The van der Waals surface area contributed by atoms with Gasteiger partial charge in [0.2, 0.25) is 5.95 Å². The highest BCUT2D eigenvalue weighted by molar-refractivity contribution is 5.89. The molecule has 0 spiro atoms. The number of likely N-dealkylation sites (tertiary alicyclic amines) is 1. The zero-order valence-corrected chi connectivity index (χ0v) is 20.1. The molecule has 0 aliphatic carbocycles. The van der Waals surface area contributed by atoms with E-state index in [-0.39, 0.29) is 22.9 Å². The summed E-state index contributed by atoms with van der Waals surface area (Å²) in [6, 6.07) is 2.74. The van der Waals surface area contributed by atoms with Crippen molar-refractivity contribution in [3.63, 3.8) is 0 Å². The van der Waals surface area contributed by atoms with Crippen molar-refractivity contribution in [1.29, 1.82) is 0 Å². The van der Waals surface area contributed by atoms with E-state index in [2.05, 4.69) is 30.7 Å². The Kier molecular flexibility index (Phi) is 6.41. The van der Waals surface area contributed by atoms with Gasteiger partial charge in [0.05, 0.1) is 30.0 Å². The van der Waals surface area contributed by atoms with Crippen molar-refractivity contribution in [1.82, 2.24) is 34.0 Å². The van der Waals surface area contributed by atoms with Crippen LogP contribution in [0, 0.1) is 12.7 Å². The predicted molar refractivity (Wildman–Crippen MR) is 129 cm³/mol. The number of aromatic nitrogens is 6. The van der Waals surface area contributed by atoms with E-state index in [1.807, 2.05) is 11.8 Å². The molecule has 36 heavy (non-hydrogen) atoms. The number of hydrogen-bond donors (Lipinski definition) is 2. The van der Waals surface area contributed by atoms with Gasteiger partial charge in [0, 0.05) is 20.1 Å². The highest BCUT2D eigenvalue weighted by Crippen LogP contribution is 2.33. The van der Waals surface area contributed by atoms with Gasteiger partial charge in [0.25, 0.3) is 6.43 Å². The molecule has 4 aromatic rings. The summed E-state index contributed by atoms with van der Waals surface area (Å²) in [5, 5.41) is 10.4. The van der Waals surface area contributed by atoms with Crippen molar-refractivity contribution < 1.29 is 17.6 Å². The molecule has 9 nitrogen and oxygen atoms in total. The number of fused-ring (bicyclic) bond motifs is 2. The summed E-state index contributed by atoms with van der Waals surface area (Å²) in [5.74, 6) is 0.260. The first-order valence-electron chi connectivity index (χ1n) is 11.8. The van der Waals surface area contributed by atoms with Crippen LogP contribution in [0.15, 0.2) is 18.3 Å². The lowest BCUT2D eigenvalue weighted by atomic mass is 10.0. The van der Waals surface area contributed by atoms with Crippen LogP contribution in [0.25, 0.3) is 27.9 Å². The minimum Gasteiger partial charge on any atom is -0.371 e. The molecule has 5 rings (SSSR count). The Morgan fingerprint density at radius 3 is 2.69 bits per heavy atom. The third-order valence-corrected chi connectivity index (χ3v) is 6.57. The van der Waals surface area contributed by atoms with Crippen molar-refractivity contribution in [2.45, 2.75) is 45.5 Å². The van der Waals surface area contributed by atoms with Gasteiger partial charge in [-0.15, -0.1) is 5.10 Å². The average Bonchev–Trinajstić information content (AvgIpc) is 3.34. The summed E-state index contributed by atoms with van der Waals surface area (Å²) in [6.45, 7) is 4.92. The lowest BCUT2D eigenvalue weighted by Crippen LogP contribution is -2.47. The van der Waals surface area contributed by atoms with E-state index in [1.54, 1.807) is 26.1 Å². The number of nitrogens with one attached hydrogen (secondary N) is 2. The topological polar surface area (TPSA) is 88.2 Å². The van der Waals surface area contributed by atoms with Crippen LogP contribution in [-0.4, -0.2) is 79.4 Å². The predicted octanol–water partition coefficient (Wildman–Crippen LogP) is 3.74. The lowest BCUT2D eigenvalue weighted by molar-refractivity contribution is 0.127. The van der Waals surface area contributed by atoms with Crippen LogP contribution in [0.2, 0.25) is 0 Å². The number of halogens is 4. The van der Waals surface area contributed by atoms with Gasteiger partial charge in [-0.3, -0.25) is 0 Å². The first-order chi connectivity index (χ1) is 17.3. The number of imidazole rings is 1. The number of nitrogens with zero attached hydrogens (tertiary/aromatic N) is 7. The highest BCUT2D eigenvalue weighted by Gasteiger charge is 2.30. The molecule has 0 bridgehead atoms. The second kappa shape index (κ2) is 9.52. The van der Waals surface area contributed by atoms with Gasteiger partial charge in [-0.2, -0.15) is 4.98 Å². The molecule has 13 heteroatoms. The summed E-state index contributed by atoms with van der Waals surface area (Å²) in [5.41, 5.74) is 1.35. The maximum atomic E-state index is 15.3. The van der Waals surface area contributed by atoms with Gasteiger partial charge in [-0.1, -0.05) is 6.92 Å². The zero-order valence-electron chi connectivity index (χ0n) is 20.1. The molecule has 1 fully saturated rings. The normalized spacial score (nSPS) is 19.0. The number of piperidine rings is 1. The number of pyridine rings is 1. The summed E-state index contributed by atoms with van der Waals surface area (Å²) in [7, 11) is 1.64. The number of anilines is 2. The quantitative estimate of drug-likeness (QED) is 0.370. The van der Waals surface area contributed by atoms with Crippen molar-refractivity contribution in [2.75, 3.05) is 37.3 Å². The monoisotopic (exact) mass is 505 g/mol. The molecule has 2 atom stereocenters. The van der Waals surface area contributed by atoms with Crippen LogP contribution in [0.3, 0.4) is 0 Å². The second-order valence-electron chi connectivity index (χ2n) is 8.83. The fourth-order valence-corrected chi connectivity index (χ4v) is 4.73. The van der Waals surface area contributed by atoms with E-state index in [4.69, 9.17) is 0 Å². The molecule has 0 aromatic carbocycles. The molecule has 0 saturated carbocycles. The molecule has 0 amide bonds. The molecule has 2 N–H and O–H groups in total. The third kappa shape index (κ3) is 4.31. The van der Waals surface area contributed by atoms with E-state index in [0.29, 0.717) is 35.6 Å². The number of hydrogen-bond acceptors (Lipinski definition) is 7. The molecule has 1 aliphatic rings. The van der Waals surface area contributed by atoms with Crippen molar-refractivity contribution in [2.24, 2.45) is 0 Å². The molecule has 192 valence electrons. The maximum Gasteiger partial charge on any atom is 0.256 e. The fourth-order valence-electron chi connectivity index (χ4n) is 4.73. The van der Waals surface area contributed by atoms with Gasteiger partial charge in [0.1, 0.15) is 23.0 Å². The smallest absolute Gasteiger partial charge is 0.256 e. The van der Waals surface area contributed by atoms with E-state index in [0.717, 1.165) is 13.1 Å². The third-order valence-electron chi connectivity index (χ3n) is 6.57. The molecular weight excluding hydrogens is 478 g/mol. The van der Waals surface area contributed by atoms with Crippen molar-refractivity contribution >= 4 is 28.4 Å². The summed E-state index contributed by atoms with van der Waals surface area (Å²) >= 11 is 0. The minimum atomic E-state index is -2.59. The van der Waals surface area contributed by atoms with Crippen LogP contribution < -0.4 is 10.6 Å². The van der Waals surface area contributed by atoms with Crippen molar-refractivity contribution in [3.05, 3.63) is 30.0 Å². The lowest BCUT2D eigenvalue weighted by Gasteiger charge is -2.34. The van der Waals surface area contributed by atoms with Gasteiger partial charge < -0.3 is 20.1 Å². The Hall–Kier alpha value is -3.48. The Morgan fingerprint density at radius 1 is 1.19 bits per heavy atom. The van der Waals surface area contributed by atoms with Crippen LogP contribution in [0.1, 0.15) is 19.2 Å². The molecule has 0 radical (unpaired) electrons. The fraction of sp³-hybridized carbons (Fsp3) is 0.478. The largest absolute Gasteiger partial charge is 0.371 e. The Labute approximate surface area is 204 Å². The Morgan fingerprint density at radius 2 is 2.00 bits per heavy atom. The van der Waals surface area contributed by atoms with E-state index in [9.17, 15) is 13.2 Å². The average molecular weight is 506 g/mol. The second-order valence-corrected chi connectivity index (χ2v) is 8.83. The van der Waals surface area contributed by atoms with Crippen LogP contribution in [0.5, 0.6) is 0 Å². The van der Waals surface area contributed by atoms with E-state index < -0.39 is 31.0 Å². The number of alkyl halides is 3. The summed E-state index contributed by atoms with van der Waals surface area (Å²) in [6.07, 6.45) is -1.90. The van der Waals surface area contributed by atoms with E-state index >= 15 is 4.39 Å². The van der Waals surface area contributed by atoms with Gasteiger partial charge >= 0.3 is 0 Å². The maximum absolute atomic E-state index is 15.3. The first-order valence-corrected chi connectivity index (χ1v) is 11.8. The minimum absolute atomic E-state index is 0.120. The molecule has 1 aliphatic heterocycles. The first kappa shape index (κ1) is 24.2. The standard InChI is InChI=1S/C23H27F4N9/c1-4-34-8-7-15(13(24)9-34)31-23-32-21(28-3)20-19(14(25)10-36(20)33-23)16-5-6-17-22(30-16)35(11-18(26)27)12(2)29-17/h5-6,10,13,15,18H,4,7-9,11H2,1-3H3,(H2,28,31,32,33)/t13-,15+/m1/s1. The van der Waals surface area contributed by atoms with Crippen molar-refractivity contribution in [3.8, 4) is 11.3 Å². The van der Waals surface area contributed by atoms with Gasteiger partial charge in [0.15, 0.2) is 17.3 Å². The summed E-state index contributed by atoms with van der Waals surface area (Å²) < 4.78 is 58.9. The SMILES string of the molecule is CCN1CC[C@H](Nc2nc(NC)c3c(-c4ccc5nc(C)n(CC(F)F)c5n4)c(F)cn3n2)[C@H](F)C1. The Bertz CT molecular complexity index is 1400. The number of rotatable bonds is 7. The highest BCUT2D eigenvalue weighted by atomic mass is 19.3. The zero-order chi connectivity index (χ0) is 25.6. The van der Waals surface area contributed by atoms with Crippen LogP contribution in [-0.2, 0) is 6.54 Å². The van der Waals surface area contributed by atoms with Crippen LogP contribution >= 0.6 is 0 Å². The van der Waals surface area contributed by atoms with E-state index in [1.165, 1.54) is 15.3 Å². The molecular formula is C23H27F4N9.